The van der Waals surface area contributed by atoms with Crippen LogP contribution in [-0.2, 0) is 16.6 Å². The largest absolute Gasteiger partial charge is 0.490 e. The van der Waals surface area contributed by atoms with Gasteiger partial charge in [0.05, 0.1) is 6.10 Å². The standard InChI is InChI=1S/C18H23N3O3S/c1-19-25(22,23)16-10-11-18(21-13-16)20-12-14-6-2-5-9-17(14)24-15-7-3-4-8-15/h2,5-6,9-11,13,15,19H,3-4,7-8,12H2,1H3,(H,20,21). The number of hydrogen-bond acceptors (Lipinski definition) is 5. The molecular weight excluding hydrogens is 338 g/mol. The van der Waals surface area contributed by atoms with E-state index < -0.39 is 10.0 Å². The molecule has 6 nitrogen and oxygen atoms in total. The maximum atomic E-state index is 11.7. The molecule has 1 heterocycles. The lowest BCUT2D eigenvalue weighted by Gasteiger charge is -2.17. The van der Waals surface area contributed by atoms with Crippen molar-refractivity contribution in [2.75, 3.05) is 12.4 Å². The van der Waals surface area contributed by atoms with Crippen molar-refractivity contribution in [2.24, 2.45) is 0 Å². The minimum absolute atomic E-state index is 0.144. The molecule has 2 aromatic rings. The average molecular weight is 361 g/mol. The van der Waals surface area contributed by atoms with Gasteiger partial charge in [0.15, 0.2) is 0 Å². The van der Waals surface area contributed by atoms with Gasteiger partial charge >= 0.3 is 0 Å². The smallest absolute Gasteiger partial charge is 0.241 e. The van der Waals surface area contributed by atoms with Gasteiger partial charge in [-0.25, -0.2) is 18.1 Å². The fraction of sp³-hybridized carbons (Fsp3) is 0.389. The van der Waals surface area contributed by atoms with Gasteiger partial charge < -0.3 is 10.1 Å². The van der Waals surface area contributed by atoms with E-state index in [1.807, 2.05) is 24.3 Å². The molecule has 0 aliphatic heterocycles. The van der Waals surface area contributed by atoms with E-state index in [-0.39, 0.29) is 4.90 Å². The zero-order valence-corrected chi connectivity index (χ0v) is 15.1. The van der Waals surface area contributed by atoms with Crippen molar-refractivity contribution in [1.82, 2.24) is 9.71 Å². The van der Waals surface area contributed by atoms with E-state index in [0.717, 1.165) is 24.2 Å². The summed E-state index contributed by atoms with van der Waals surface area (Å²) in [5.74, 6) is 1.52. The lowest BCUT2D eigenvalue weighted by atomic mass is 10.2. The highest BCUT2D eigenvalue weighted by Gasteiger charge is 2.17. The molecule has 1 aliphatic carbocycles. The van der Waals surface area contributed by atoms with E-state index >= 15 is 0 Å². The van der Waals surface area contributed by atoms with Gasteiger partial charge in [-0.3, -0.25) is 0 Å². The van der Waals surface area contributed by atoms with E-state index in [1.165, 1.54) is 32.2 Å². The summed E-state index contributed by atoms with van der Waals surface area (Å²) >= 11 is 0. The molecule has 0 saturated heterocycles. The molecule has 0 spiro atoms. The molecule has 134 valence electrons. The van der Waals surface area contributed by atoms with Gasteiger partial charge in [0, 0.05) is 18.3 Å². The van der Waals surface area contributed by atoms with Crippen LogP contribution in [-0.4, -0.2) is 26.6 Å². The first-order valence-electron chi connectivity index (χ1n) is 8.46. The van der Waals surface area contributed by atoms with Gasteiger partial charge in [0.2, 0.25) is 10.0 Å². The number of pyridine rings is 1. The first kappa shape index (κ1) is 17.7. The molecule has 1 saturated carbocycles. The topological polar surface area (TPSA) is 80.3 Å². The van der Waals surface area contributed by atoms with Gasteiger partial charge in [-0.15, -0.1) is 0 Å². The summed E-state index contributed by atoms with van der Waals surface area (Å²) in [6.07, 6.45) is 6.35. The molecule has 3 rings (SSSR count). The molecule has 7 heteroatoms. The maximum Gasteiger partial charge on any atom is 0.241 e. The minimum Gasteiger partial charge on any atom is -0.490 e. The van der Waals surface area contributed by atoms with Crippen LogP contribution in [0.25, 0.3) is 0 Å². The second kappa shape index (κ2) is 7.84. The molecule has 2 N–H and O–H groups in total. The fourth-order valence-corrected chi connectivity index (χ4v) is 3.57. The Bertz CT molecular complexity index is 801. The van der Waals surface area contributed by atoms with Crippen LogP contribution in [0.4, 0.5) is 5.82 Å². The monoisotopic (exact) mass is 361 g/mol. The van der Waals surface area contributed by atoms with Crippen LogP contribution in [0.2, 0.25) is 0 Å². The molecular formula is C18H23N3O3S. The maximum absolute atomic E-state index is 11.7. The molecule has 0 atom stereocenters. The third-order valence-electron chi connectivity index (χ3n) is 4.34. The van der Waals surface area contributed by atoms with E-state index in [9.17, 15) is 8.42 Å². The molecule has 0 bridgehead atoms. The van der Waals surface area contributed by atoms with E-state index in [0.29, 0.717) is 18.5 Å². The van der Waals surface area contributed by atoms with Crippen molar-refractivity contribution in [3.05, 3.63) is 48.2 Å². The lowest BCUT2D eigenvalue weighted by molar-refractivity contribution is 0.208. The van der Waals surface area contributed by atoms with E-state index in [1.54, 1.807) is 6.07 Å². The van der Waals surface area contributed by atoms with Gasteiger partial charge in [0.1, 0.15) is 16.5 Å². The first-order chi connectivity index (χ1) is 12.1. The van der Waals surface area contributed by atoms with Crippen LogP contribution in [0, 0.1) is 0 Å². The van der Waals surface area contributed by atoms with Crippen LogP contribution in [0.15, 0.2) is 47.5 Å². The summed E-state index contributed by atoms with van der Waals surface area (Å²) in [5.41, 5.74) is 1.06. The second-order valence-electron chi connectivity index (χ2n) is 6.07. The lowest BCUT2D eigenvalue weighted by Crippen LogP contribution is -2.18. The quantitative estimate of drug-likeness (QED) is 0.793. The van der Waals surface area contributed by atoms with Crippen LogP contribution in [0.3, 0.4) is 0 Å². The molecule has 1 aromatic carbocycles. The summed E-state index contributed by atoms with van der Waals surface area (Å²) in [4.78, 5) is 4.31. The predicted molar refractivity (Wildman–Crippen MR) is 97.1 cm³/mol. The minimum atomic E-state index is -3.46. The Morgan fingerprint density at radius 3 is 2.60 bits per heavy atom. The number of hydrogen-bond donors (Lipinski definition) is 2. The summed E-state index contributed by atoms with van der Waals surface area (Å²) < 4.78 is 31.8. The predicted octanol–water partition coefficient (Wildman–Crippen LogP) is 2.92. The molecule has 25 heavy (non-hydrogen) atoms. The number of para-hydroxylation sites is 1. The van der Waals surface area contributed by atoms with Crippen LogP contribution in [0.1, 0.15) is 31.2 Å². The molecule has 0 unspecified atom stereocenters. The van der Waals surface area contributed by atoms with Crippen molar-refractivity contribution < 1.29 is 13.2 Å². The third-order valence-corrected chi connectivity index (χ3v) is 5.74. The highest BCUT2D eigenvalue weighted by atomic mass is 32.2. The highest BCUT2D eigenvalue weighted by Crippen LogP contribution is 2.27. The van der Waals surface area contributed by atoms with Crippen molar-refractivity contribution in [3.63, 3.8) is 0 Å². The number of rotatable bonds is 7. The fourth-order valence-electron chi connectivity index (χ4n) is 2.90. The van der Waals surface area contributed by atoms with Crippen LogP contribution < -0.4 is 14.8 Å². The molecule has 0 radical (unpaired) electrons. The Kier molecular flexibility index (Phi) is 5.55. The molecule has 1 aromatic heterocycles. The van der Waals surface area contributed by atoms with Crippen molar-refractivity contribution >= 4 is 15.8 Å². The Morgan fingerprint density at radius 2 is 1.92 bits per heavy atom. The second-order valence-corrected chi connectivity index (χ2v) is 7.96. The number of ether oxygens (including phenoxy) is 1. The normalized spacial score (nSPS) is 15.2. The van der Waals surface area contributed by atoms with Crippen LogP contribution in [0.5, 0.6) is 5.75 Å². The number of nitrogens with zero attached hydrogens (tertiary/aromatic N) is 1. The SMILES string of the molecule is CNS(=O)(=O)c1ccc(NCc2ccccc2OC2CCCC2)nc1. The Hall–Kier alpha value is -2.12. The van der Waals surface area contributed by atoms with Gasteiger partial charge in [-0.1, -0.05) is 18.2 Å². The van der Waals surface area contributed by atoms with Crippen LogP contribution >= 0.6 is 0 Å². The number of nitrogens with one attached hydrogen (secondary N) is 2. The molecule has 1 aliphatic rings. The zero-order chi connectivity index (χ0) is 17.7. The summed E-state index contributed by atoms with van der Waals surface area (Å²) in [6, 6.07) is 11.2. The number of aromatic nitrogens is 1. The Morgan fingerprint density at radius 1 is 1.16 bits per heavy atom. The highest BCUT2D eigenvalue weighted by molar-refractivity contribution is 7.89. The van der Waals surface area contributed by atoms with E-state index in [2.05, 4.69) is 15.0 Å². The summed E-state index contributed by atoms with van der Waals surface area (Å²) in [6.45, 7) is 0.564. The Labute approximate surface area is 148 Å². The molecule has 1 fully saturated rings. The van der Waals surface area contributed by atoms with Gasteiger partial charge in [-0.05, 0) is 50.9 Å². The van der Waals surface area contributed by atoms with Gasteiger partial charge in [-0.2, -0.15) is 0 Å². The number of anilines is 1. The Balaban J connectivity index is 1.65. The van der Waals surface area contributed by atoms with E-state index in [4.69, 9.17) is 4.74 Å². The third kappa shape index (κ3) is 4.49. The van der Waals surface area contributed by atoms with Gasteiger partial charge in [0.25, 0.3) is 0 Å². The number of benzene rings is 1. The van der Waals surface area contributed by atoms with Crippen molar-refractivity contribution in [3.8, 4) is 5.75 Å². The summed E-state index contributed by atoms with van der Waals surface area (Å²) in [5, 5.41) is 3.22. The zero-order valence-electron chi connectivity index (χ0n) is 14.2. The number of sulfonamides is 1. The van der Waals surface area contributed by atoms with Crippen molar-refractivity contribution in [1.29, 1.82) is 0 Å². The van der Waals surface area contributed by atoms with Crippen molar-refractivity contribution in [2.45, 2.75) is 43.2 Å². The first-order valence-corrected chi connectivity index (χ1v) is 9.95. The molecule has 0 amide bonds. The summed E-state index contributed by atoms with van der Waals surface area (Å²) in [7, 11) is -2.08. The average Bonchev–Trinajstić information content (AvgIpc) is 3.14.